The average Bonchev–Trinajstić information content (AvgIpc) is 2.89. The first-order valence-electron chi connectivity index (χ1n) is 14.5. The minimum absolute atomic E-state index is 0.108. The molecule has 0 aliphatic heterocycles. The lowest BCUT2D eigenvalue weighted by Crippen LogP contribution is -2.25. The molecule has 0 radical (unpaired) electrons. The Hall–Kier alpha value is -2.65. The second kappa shape index (κ2) is 14.9. The molecule has 0 bridgehead atoms. The van der Waals surface area contributed by atoms with Crippen LogP contribution in [0.4, 0.5) is 0 Å². The first-order chi connectivity index (χ1) is 18.0. The largest absolute Gasteiger partial charge is 0.491 e. The molecule has 0 fully saturated rings. The number of rotatable bonds is 15. The molecule has 37 heavy (non-hydrogen) atoms. The van der Waals surface area contributed by atoms with Gasteiger partial charge in [0.2, 0.25) is 0 Å². The molecule has 0 amide bonds. The summed E-state index contributed by atoms with van der Waals surface area (Å²) in [5, 5.41) is 0. The van der Waals surface area contributed by atoms with E-state index in [-0.39, 0.29) is 6.10 Å². The van der Waals surface area contributed by atoms with Gasteiger partial charge in [0.15, 0.2) is 0 Å². The molecule has 3 heteroatoms. The van der Waals surface area contributed by atoms with E-state index < -0.39 is 0 Å². The number of aryl methyl sites for hydroxylation is 3. The third kappa shape index (κ3) is 8.43. The molecule has 0 atom stereocenters. The molecule has 0 unspecified atom stereocenters. The molecule has 0 saturated carbocycles. The van der Waals surface area contributed by atoms with Crippen molar-refractivity contribution in [2.24, 2.45) is 0 Å². The summed E-state index contributed by atoms with van der Waals surface area (Å²) in [4.78, 5) is 7.78. The first kappa shape index (κ1) is 28.9. The van der Waals surface area contributed by atoms with Crippen LogP contribution in [0.2, 0.25) is 0 Å². The SMILES string of the molecule is CCCCCCCN(Cc1ccccc1)Cc1c(OC(C)C)cc(-c2c(CC)cccc2CC)nc1C. The Morgan fingerprint density at radius 2 is 1.49 bits per heavy atom. The fourth-order valence-corrected chi connectivity index (χ4v) is 5.14. The topological polar surface area (TPSA) is 25.4 Å². The number of nitrogens with zero attached hydrogens (tertiary/aromatic N) is 2. The molecule has 1 heterocycles. The monoisotopic (exact) mass is 500 g/mol. The highest BCUT2D eigenvalue weighted by Gasteiger charge is 2.19. The molecule has 3 aromatic rings. The fourth-order valence-electron chi connectivity index (χ4n) is 5.14. The van der Waals surface area contributed by atoms with Crippen LogP contribution in [0.5, 0.6) is 5.75 Å². The lowest BCUT2D eigenvalue weighted by Gasteiger charge is -2.26. The van der Waals surface area contributed by atoms with Crippen molar-refractivity contribution in [3.8, 4) is 17.0 Å². The van der Waals surface area contributed by atoms with Gasteiger partial charge in [-0.15, -0.1) is 0 Å². The van der Waals surface area contributed by atoms with Gasteiger partial charge in [-0.2, -0.15) is 0 Å². The van der Waals surface area contributed by atoms with E-state index in [1.807, 2.05) is 0 Å². The molecule has 3 nitrogen and oxygen atoms in total. The van der Waals surface area contributed by atoms with Crippen molar-refractivity contribution in [1.82, 2.24) is 9.88 Å². The van der Waals surface area contributed by atoms with E-state index in [1.54, 1.807) is 0 Å². The van der Waals surface area contributed by atoms with Gasteiger partial charge in [0.05, 0.1) is 11.8 Å². The Morgan fingerprint density at radius 3 is 2.11 bits per heavy atom. The Kier molecular flexibility index (Phi) is 11.7. The van der Waals surface area contributed by atoms with Gasteiger partial charge in [0.1, 0.15) is 5.75 Å². The molecule has 0 spiro atoms. The van der Waals surface area contributed by atoms with Crippen LogP contribution in [-0.4, -0.2) is 22.5 Å². The highest BCUT2D eigenvalue weighted by molar-refractivity contribution is 5.70. The normalized spacial score (nSPS) is 11.5. The fraction of sp³-hybridized carbons (Fsp3) is 0.500. The zero-order valence-corrected chi connectivity index (χ0v) is 24.1. The zero-order chi connectivity index (χ0) is 26.6. The van der Waals surface area contributed by atoms with Crippen molar-refractivity contribution in [1.29, 1.82) is 0 Å². The van der Waals surface area contributed by atoms with Crippen molar-refractivity contribution in [2.75, 3.05) is 6.54 Å². The van der Waals surface area contributed by atoms with Crippen LogP contribution in [0.15, 0.2) is 54.6 Å². The molecule has 0 aliphatic rings. The van der Waals surface area contributed by atoms with Crippen LogP contribution in [0.3, 0.4) is 0 Å². The lowest BCUT2D eigenvalue weighted by atomic mass is 9.94. The summed E-state index contributed by atoms with van der Waals surface area (Å²) in [5.74, 6) is 0.981. The molecular weight excluding hydrogens is 452 g/mol. The predicted octanol–water partition coefficient (Wildman–Crippen LogP) is 8.94. The van der Waals surface area contributed by atoms with E-state index in [0.717, 1.165) is 49.6 Å². The van der Waals surface area contributed by atoms with Gasteiger partial charge in [-0.3, -0.25) is 9.88 Å². The van der Waals surface area contributed by atoms with Crippen LogP contribution in [-0.2, 0) is 25.9 Å². The van der Waals surface area contributed by atoms with E-state index in [0.29, 0.717) is 0 Å². The maximum absolute atomic E-state index is 6.48. The average molecular weight is 501 g/mol. The lowest BCUT2D eigenvalue weighted by molar-refractivity contribution is 0.220. The van der Waals surface area contributed by atoms with Gasteiger partial charge in [0.25, 0.3) is 0 Å². The Bertz CT molecular complexity index is 1070. The highest BCUT2D eigenvalue weighted by Crippen LogP contribution is 2.34. The number of unbranched alkanes of at least 4 members (excludes halogenated alkanes) is 4. The number of hydrogen-bond donors (Lipinski definition) is 0. The third-order valence-corrected chi connectivity index (χ3v) is 7.12. The number of ether oxygens (including phenoxy) is 1. The minimum atomic E-state index is 0.108. The second-order valence-electron chi connectivity index (χ2n) is 10.5. The molecule has 3 rings (SSSR count). The van der Waals surface area contributed by atoms with Crippen LogP contribution in [0.25, 0.3) is 11.3 Å². The van der Waals surface area contributed by atoms with Crippen LogP contribution in [0, 0.1) is 6.92 Å². The number of hydrogen-bond acceptors (Lipinski definition) is 3. The Morgan fingerprint density at radius 1 is 0.811 bits per heavy atom. The van der Waals surface area contributed by atoms with E-state index in [1.165, 1.54) is 59.9 Å². The predicted molar refractivity (Wildman–Crippen MR) is 158 cm³/mol. The van der Waals surface area contributed by atoms with E-state index in [4.69, 9.17) is 9.72 Å². The van der Waals surface area contributed by atoms with Gasteiger partial charge in [-0.1, -0.05) is 95.0 Å². The summed E-state index contributed by atoms with van der Waals surface area (Å²) in [6.45, 7) is 16.0. The molecule has 2 aromatic carbocycles. The maximum Gasteiger partial charge on any atom is 0.128 e. The minimum Gasteiger partial charge on any atom is -0.491 e. The van der Waals surface area contributed by atoms with Gasteiger partial charge >= 0.3 is 0 Å². The number of benzene rings is 2. The molecule has 1 aromatic heterocycles. The summed E-state index contributed by atoms with van der Waals surface area (Å²) in [6.07, 6.45) is 8.54. The van der Waals surface area contributed by atoms with E-state index in [9.17, 15) is 0 Å². The summed E-state index contributed by atoms with van der Waals surface area (Å²) >= 11 is 0. The Labute approximate surface area is 226 Å². The first-order valence-corrected chi connectivity index (χ1v) is 14.5. The van der Waals surface area contributed by atoms with E-state index in [2.05, 4.69) is 101 Å². The molecular formula is C34H48N2O. The van der Waals surface area contributed by atoms with Gasteiger partial charge in [-0.05, 0) is 63.3 Å². The number of pyridine rings is 1. The van der Waals surface area contributed by atoms with Crippen molar-refractivity contribution in [3.63, 3.8) is 0 Å². The summed E-state index contributed by atoms with van der Waals surface area (Å²) < 4.78 is 6.48. The van der Waals surface area contributed by atoms with Crippen LogP contribution in [0.1, 0.15) is 94.7 Å². The van der Waals surface area contributed by atoms with Gasteiger partial charge in [-0.25, -0.2) is 0 Å². The van der Waals surface area contributed by atoms with Crippen molar-refractivity contribution >= 4 is 0 Å². The Balaban J connectivity index is 1.96. The quantitative estimate of drug-likeness (QED) is 0.195. The van der Waals surface area contributed by atoms with Crippen molar-refractivity contribution in [2.45, 2.75) is 106 Å². The summed E-state index contributed by atoms with van der Waals surface area (Å²) in [6, 6.07) is 19.7. The highest BCUT2D eigenvalue weighted by atomic mass is 16.5. The van der Waals surface area contributed by atoms with Crippen LogP contribution < -0.4 is 4.74 Å². The standard InChI is InChI=1S/C34H48N2O/c1-7-10-11-12-16-22-36(24-28-18-14-13-15-19-28)25-31-27(6)35-32(23-33(31)37-26(4)5)34-29(8-2)20-17-21-30(34)9-3/h13-15,17-21,23,26H,7-12,16,22,24-25H2,1-6H3. The smallest absolute Gasteiger partial charge is 0.128 e. The van der Waals surface area contributed by atoms with Gasteiger partial charge < -0.3 is 4.74 Å². The molecule has 0 aliphatic carbocycles. The molecule has 200 valence electrons. The van der Waals surface area contributed by atoms with Crippen molar-refractivity contribution < 1.29 is 4.74 Å². The second-order valence-corrected chi connectivity index (χ2v) is 10.5. The van der Waals surface area contributed by atoms with Gasteiger partial charge in [0, 0.05) is 36.0 Å². The number of aromatic nitrogens is 1. The zero-order valence-electron chi connectivity index (χ0n) is 24.1. The van der Waals surface area contributed by atoms with Crippen LogP contribution >= 0.6 is 0 Å². The summed E-state index contributed by atoms with van der Waals surface area (Å²) in [5.41, 5.74) is 8.68. The maximum atomic E-state index is 6.48. The summed E-state index contributed by atoms with van der Waals surface area (Å²) in [7, 11) is 0. The molecule has 0 N–H and O–H groups in total. The molecule has 0 saturated heterocycles. The van der Waals surface area contributed by atoms with E-state index >= 15 is 0 Å². The third-order valence-electron chi connectivity index (χ3n) is 7.12. The van der Waals surface area contributed by atoms with Crippen molar-refractivity contribution in [3.05, 3.63) is 82.5 Å².